The fourth-order valence-electron chi connectivity index (χ4n) is 1.36. The van der Waals surface area contributed by atoms with E-state index in [0.717, 1.165) is 12.4 Å². The molecule has 0 aliphatic heterocycles. The van der Waals surface area contributed by atoms with Crippen LogP contribution in [-0.2, 0) is 17.2 Å². The normalized spacial score (nSPS) is 15.9. The third kappa shape index (κ3) is 4.52. The maximum absolute atomic E-state index is 12.4. The van der Waals surface area contributed by atoms with Crippen LogP contribution in [0.3, 0.4) is 0 Å². The highest BCUT2D eigenvalue weighted by Gasteiger charge is 2.34. The van der Waals surface area contributed by atoms with E-state index in [1.807, 2.05) is 27.7 Å². The molecule has 0 aliphatic rings. The summed E-state index contributed by atoms with van der Waals surface area (Å²) in [6.07, 6.45) is -1.74. The predicted octanol–water partition coefficient (Wildman–Crippen LogP) is 3.00. The first-order chi connectivity index (χ1) is 9.05. The third-order valence-electron chi connectivity index (χ3n) is 2.54. The van der Waals surface area contributed by atoms with Gasteiger partial charge in [0, 0.05) is 24.0 Å². The highest BCUT2D eigenvalue weighted by Crippen LogP contribution is 2.26. The van der Waals surface area contributed by atoms with Crippen molar-refractivity contribution < 1.29 is 17.4 Å². The molecular weight excluding hydrogens is 291 g/mol. The molecule has 0 spiro atoms. The SMILES string of the molecule is CC[C@@H](N[S@](=O)C(C)(C)C)c1cnc(C(F)(F)F)nc1. The minimum Gasteiger partial charge on any atom is -0.242 e. The Morgan fingerprint density at radius 1 is 1.25 bits per heavy atom. The zero-order chi connectivity index (χ0) is 15.6. The quantitative estimate of drug-likeness (QED) is 0.930. The van der Waals surface area contributed by atoms with Gasteiger partial charge in [0.25, 0.3) is 0 Å². The minimum absolute atomic E-state index is 0.350. The van der Waals surface area contributed by atoms with Crippen LogP contribution in [0.4, 0.5) is 13.2 Å². The molecule has 0 radical (unpaired) electrons. The van der Waals surface area contributed by atoms with Gasteiger partial charge in [0.1, 0.15) is 0 Å². The molecule has 4 nitrogen and oxygen atoms in total. The summed E-state index contributed by atoms with van der Waals surface area (Å²) in [6.45, 7) is 7.28. The maximum atomic E-state index is 12.4. The lowest BCUT2D eigenvalue weighted by Crippen LogP contribution is -2.35. The van der Waals surface area contributed by atoms with Gasteiger partial charge in [-0.15, -0.1) is 0 Å². The van der Waals surface area contributed by atoms with E-state index in [-0.39, 0.29) is 6.04 Å². The topological polar surface area (TPSA) is 54.9 Å². The van der Waals surface area contributed by atoms with Crippen molar-refractivity contribution in [3.05, 3.63) is 23.8 Å². The van der Waals surface area contributed by atoms with Gasteiger partial charge in [-0.3, -0.25) is 0 Å². The van der Waals surface area contributed by atoms with E-state index in [2.05, 4.69) is 14.7 Å². The van der Waals surface area contributed by atoms with Crippen molar-refractivity contribution in [2.45, 2.75) is 51.1 Å². The summed E-state index contributed by atoms with van der Waals surface area (Å²) in [5.41, 5.74) is 0.484. The van der Waals surface area contributed by atoms with Crippen LogP contribution >= 0.6 is 0 Å². The lowest BCUT2D eigenvalue weighted by molar-refractivity contribution is -0.145. The molecule has 0 aromatic carbocycles. The minimum atomic E-state index is -4.55. The summed E-state index contributed by atoms with van der Waals surface area (Å²) in [5, 5.41) is 0. The number of aromatic nitrogens is 2. The molecule has 0 unspecified atom stereocenters. The average Bonchev–Trinajstić information content (AvgIpc) is 2.33. The highest BCUT2D eigenvalue weighted by atomic mass is 32.2. The second-order valence-corrected chi connectivity index (χ2v) is 7.30. The molecule has 0 amide bonds. The summed E-state index contributed by atoms with van der Waals surface area (Å²) >= 11 is 0. The van der Waals surface area contributed by atoms with E-state index in [4.69, 9.17) is 0 Å². The molecule has 0 saturated heterocycles. The summed E-state index contributed by atoms with van der Waals surface area (Å²) in [4.78, 5) is 6.63. The van der Waals surface area contributed by atoms with Crippen LogP contribution in [0.25, 0.3) is 0 Å². The zero-order valence-electron chi connectivity index (χ0n) is 11.8. The van der Waals surface area contributed by atoms with Gasteiger partial charge in [-0.05, 0) is 27.2 Å². The van der Waals surface area contributed by atoms with E-state index >= 15 is 0 Å². The van der Waals surface area contributed by atoms with Crippen LogP contribution in [0.15, 0.2) is 12.4 Å². The summed E-state index contributed by atoms with van der Waals surface area (Å²) in [6, 6.07) is -0.350. The van der Waals surface area contributed by atoms with Crippen molar-refractivity contribution in [1.82, 2.24) is 14.7 Å². The molecule has 1 N–H and O–H groups in total. The van der Waals surface area contributed by atoms with E-state index in [1.165, 1.54) is 0 Å². The standard InChI is InChI=1S/C12H18F3N3OS/c1-5-9(18-20(19)11(2,3)4)8-6-16-10(17-7-8)12(13,14)15/h6-7,9,18H,5H2,1-4H3/t9-,20-/m1/s1. The van der Waals surface area contributed by atoms with Crippen molar-refractivity contribution in [2.75, 3.05) is 0 Å². The van der Waals surface area contributed by atoms with E-state index in [9.17, 15) is 17.4 Å². The van der Waals surface area contributed by atoms with Crippen LogP contribution < -0.4 is 4.72 Å². The molecule has 0 bridgehead atoms. The van der Waals surface area contributed by atoms with Crippen molar-refractivity contribution in [3.8, 4) is 0 Å². The summed E-state index contributed by atoms with van der Waals surface area (Å²) in [7, 11) is -1.32. The Labute approximate surface area is 118 Å². The fraction of sp³-hybridized carbons (Fsp3) is 0.667. The molecule has 1 rings (SSSR count). The molecule has 8 heteroatoms. The number of hydrogen-bond acceptors (Lipinski definition) is 3. The smallest absolute Gasteiger partial charge is 0.242 e. The second-order valence-electron chi connectivity index (χ2n) is 5.30. The van der Waals surface area contributed by atoms with E-state index in [1.54, 1.807) is 0 Å². The first-order valence-corrected chi connectivity index (χ1v) is 7.28. The molecule has 20 heavy (non-hydrogen) atoms. The Bertz CT molecular complexity index is 468. The van der Waals surface area contributed by atoms with Gasteiger partial charge in [0.2, 0.25) is 5.82 Å². The molecule has 114 valence electrons. The van der Waals surface area contributed by atoms with Crippen LogP contribution in [-0.4, -0.2) is 18.9 Å². The summed E-state index contributed by atoms with van der Waals surface area (Å²) in [5.74, 6) is -1.17. The number of rotatable bonds is 4. The molecular formula is C12H18F3N3OS. The van der Waals surface area contributed by atoms with Crippen LogP contribution in [0.5, 0.6) is 0 Å². The van der Waals surface area contributed by atoms with Crippen molar-refractivity contribution in [3.63, 3.8) is 0 Å². The van der Waals surface area contributed by atoms with Gasteiger partial charge < -0.3 is 0 Å². The fourth-order valence-corrected chi connectivity index (χ4v) is 2.27. The Morgan fingerprint density at radius 2 is 1.75 bits per heavy atom. The Balaban J connectivity index is 2.89. The van der Waals surface area contributed by atoms with Gasteiger partial charge in [-0.1, -0.05) is 6.92 Å². The Hall–Kier alpha value is -1.02. The Kier molecular flexibility index (Phi) is 5.26. The third-order valence-corrected chi connectivity index (χ3v) is 4.15. The zero-order valence-corrected chi connectivity index (χ0v) is 12.6. The van der Waals surface area contributed by atoms with Gasteiger partial charge in [-0.25, -0.2) is 18.9 Å². The maximum Gasteiger partial charge on any atom is 0.451 e. The molecule has 0 fully saturated rings. The largest absolute Gasteiger partial charge is 0.451 e. The number of hydrogen-bond donors (Lipinski definition) is 1. The first kappa shape index (κ1) is 17.0. The van der Waals surface area contributed by atoms with Crippen LogP contribution in [0.1, 0.15) is 51.5 Å². The Morgan fingerprint density at radius 3 is 2.10 bits per heavy atom. The monoisotopic (exact) mass is 309 g/mol. The summed E-state index contributed by atoms with van der Waals surface area (Å²) < 4.78 is 51.6. The molecule has 1 aromatic rings. The number of halogens is 3. The van der Waals surface area contributed by atoms with Gasteiger partial charge >= 0.3 is 6.18 Å². The van der Waals surface area contributed by atoms with E-state index in [0.29, 0.717) is 12.0 Å². The molecule has 1 aromatic heterocycles. The van der Waals surface area contributed by atoms with Crippen LogP contribution in [0, 0.1) is 0 Å². The van der Waals surface area contributed by atoms with Gasteiger partial charge in [0.15, 0.2) is 0 Å². The van der Waals surface area contributed by atoms with Crippen molar-refractivity contribution in [1.29, 1.82) is 0 Å². The van der Waals surface area contributed by atoms with Crippen molar-refractivity contribution >= 4 is 11.0 Å². The van der Waals surface area contributed by atoms with Gasteiger partial charge in [-0.2, -0.15) is 13.2 Å². The lowest BCUT2D eigenvalue weighted by Gasteiger charge is -2.23. The van der Waals surface area contributed by atoms with Gasteiger partial charge in [0.05, 0.1) is 15.7 Å². The molecule has 0 aliphatic carbocycles. The first-order valence-electron chi connectivity index (χ1n) is 6.13. The molecule has 0 saturated carbocycles. The predicted molar refractivity (Wildman–Crippen MR) is 71.1 cm³/mol. The highest BCUT2D eigenvalue weighted by molar-refractivity contribution is 7.84. The number of nitrogens with zero attached hydrogens (tertiary/aromatic N) is 2. The lowest BCUT2D eigenvalue weighted by atomic mass is 10.1. The van der Waals surface area contributed by atoms with E-state index < -0.39 is 27.7 Å². The average molecular weight is 309 g/mol. The number of nitrogens with one attached hydrogen (secondary N) is 1. The molecule has 1 heterocycles. The van der Waals surface area contributed by atoms with Crippen molar-refractivity contribution in [2.24, 2.45) is 0 Å². The van der Waals surface area contributed by atoms with Crippen LogP contribution in [0.2, 0.25) is 0 Å². The second kappa shape index (κ2) is 6.17. The molecule has 2 atom stereocenters. The number of alkyl halides is 3.